The van der Waals surface area contributed by atoms with Crippen molar-refractivity contribution in [2.45, 2.75) is 20.3 Å². The lowest BCUT2D eigenvalue weighted by atomic mass is 9.96. The fourth-order valence-electron chi connectivity index (χ4n) is 3.37. The first kappa shape index (κ1) is 22.1. The molecule has 0 saturated carbocycles. The minimum absolute atomic E-state index is 0.0119. The van der Waals surface area contributed by atoms with E-state index in [1.54, 1.807) is 31.4 Å². The lowest BCUT2D eigenvalue weighted by Crippen LogP contribution is -1.97. The van der Waals surface area contributed by atoms with Crippen LogP contribution in [0.2, 0.25) is 0 Å². The number of hydrogen-bond donors (Lipinski definition) is 2. The Labute approximate surface area is 183 Å². The highest BCUT2D eigenvalue weighted by Crippen LogP contribution is 2.49. The summed E-state index contributed by atoms with van der Waals surface area (Å²) in [4.78, 5) is 0. The van der Waals surface area contributed by atoms with Gasteiger partial charge in [-0.2, -0.15) is 0 Å². The third-order valence-electron chi connectivity index (χ3n) is 4.90. The summed E-state index contributed by atoms with van der Waals surface area (Å²) >= 11 is 0. The van der Waals surface area contributed by atoms with Crippen LogP contribution in [0.3, 0.4) is 0 Å². The summed E-state index contributed by atoms with van der Waals surface area (Å²) in [6.07, 6.45) is 2.99. The molecule has 0 aromatic heterocycles. The number of allylic oxidation sites excluding steroid dienone is 1. The van der Waals surface area contributed by atoms with Gasteiger partial charge in [0.25, 0.3) is 0 Å². The van der Waals surface area contributed by atoms with Gasteiger partial charge < -0.3 is 24.4 Å². The topological polar surface area (TPSA) is 68.2 Å². The highest BCUT2D eigenvalue weighted by atomic mass is 16.5. The molecule has 0 fully saturated rings. The zero-order chi connectivity index (χ0) is 22.4. The summed E-state index contributed by atoms with van der Waals surface area (Å²) in [5.74, 6) is 1.76. The summed E-state index contributed by atoms with van der Waals surface area (Å²) in [5, 5.41) is 20.6. The molecular weight excluding hydrogens is 392 g/mol. The Morgan fingerprint density at radius 2 is 1.52 bits per heavy atom. The molecule has 0 aliphatic rings. The Balaban J connectivity index is 1.95. The van der Waals surface area contributed by atoms with Crippen LogP contribution in [0.1, 0.15) is 20.3 Å². The molecule has 0 saturated heterocycles. The van der Waals surface area contributed by atoms with Crippen molar-refractivity contribution in [3.8, 4) is 51.0 Å². The second-order valence-corrected chi connectivity index (χ2v) is 7.37. The predicted octanol–water partition coefficient (Wildman–Crippen LogP) is 6.18. The zero-order valence-corrected chi connectivity index (χ0v) is 18.3. The van der Waals surface area contributed by atoms with Gasteiger partial charge in [0, 0.05) is 5.56 Å². The Morgan fingerprint density at radius 1 is 0.871 bits per heavy atom. The van der Waals surface area contributed by atoms with Crippen molar-refractivity contribution in [2.75, 3.05) is 20.8 Å². The number of ether oxygens (including phenoxy) is 3. The summed E-state index contributed by atoms with van der Waals surface area (Å²) < 4.78 is 16.9. The maximum Gasteiger partial charge on any atom is 0.170 e. The molecule has 0 spiro atoms. The molecule has 0 aliphatic carbocycles. The van der Waals surface area contributed by atoms with Crippen LogP contribution >= 0.6 is 0 Å². The SMILES string of the molecule is COc1cc(-c2ccc(O)cc2)c(OC)c(O)c1-c1ccc(OCCC=C(C)C)cc1. The number of hydrogen-bond acceptors (Lipinski definition) is 5. The first-order chi connectivity index (χ1) is 14.9. The Bertz CT molecular complexity index is 1050. The summed E-state index contributed by atoms with van der Waals surface area (Å²) in [5.41, 5.74) is 4.04. The van der Waals surface area contributed by atoms with Crippen molar-refractivity contribution in [1.29, 1.82) is 0 Å². The first-order valence-electron chi connectivity index (χ1n) is 10.1. The average molecular weight is 421 g/mol. The van der Waals surface area contributed by atoms with Gasteiger partial charge in [0.2, 0.25) is 0 Å². The molecule has 5 nitrogen and oxygen atoms in total. The van der Waals surface area contributed by atoms with Crippen LogP contribution in [-0.2, 0) is 0 Å². The van der Waals surface area contributed by atoms with E-state index in [0.717, 1.165) is 23.3 Å². The van der Waals surface area contributed by atoms with Crippen LogP contribution in [0.15, 0.2) is 66.2 Å². The monoisotopic (exact) mass is 420 g/mol. The molecule has 3 rings (SSSR count). The first-order valence-corrected chi connectivity index (χ1v) is 10.1. The average Bonchev–Trinajstić information content (AvgIpc) is 2.77. The molecule has 162 valence electrons. The normalized spacial score (nSPS) is 10.5. The van der Waals surface area contributed by atoms with Crippen LogP contribution in [0.5, 0.6) is 28.7 Å². The molecule has 0 radical (unpaired) electrons. The highest BCUT2D eigenvalue weighted by molar-refractivity contribution is 5.87. The lowest BCUT2D eigenvalue weighted by molar-refractivity contribution is 0.324. The number of rotatable bonds is 8. The van der Waals surface area contributed by atoms with Gasteiger partial charge in [0.1, 0.15) is 17.2 Å². The van der Waals surface area contributed by atoms with Crippen LogP contribution in [0.25, 0.3) is 22.3 Å². The predicted molar refractivity (Wildman–Crippen MR) is 123 cm³/mol. The van der Waals surface area contributed by atoms with Crippen LogP contribution in [0, 0.1) is 0 Å². The number of phenolic OH excluding ortho intramolecular Hbond substituents is 2. The summed E-state index contributed by atoms with van der Waals surface area (Å²) in [7, 11) is 3.07. The minimum atomic E-state index is -0.0119. The molecule has 3 aromatic carbocycles. The molecule has 0 heterocycles. The maximum absolute atomic E-state index is 11.1. The van der Waals surface area contributed by atoms with E-state index in [-0.39, 0.29) is 11.5 Å². The Kier molecular flexibility index (Phi) is 7.08. The second-order valence-electron chi connectivity index (χ2n) is 7.37. The summed E-state index contributed by atoms with van der Waals surface area (Å²) in [6, 6.07) is 16.0. The van der Waals surface area contributed by atoms with Gasteiger partial charge in [-0.25, -0.2) is 0 Å². The van der Waals surface area contributed by atoms with E-state index >= 15 is 0 Å². The molecule has 2 N–H and O–H groups in total. The number of methoxy groups -OCH3 is 2. The quantitative estimate of drug-likeness (QED) is 0.336. The van der Waals surface area contributed by atoms with Gasteiger partial charge in [-0.1, -0.05) is 35.9 Å². The molecule has 0 amide bonds. The Morgan fingerprint density at radius 3 is 2.10 bits per heavy atom. The van der Waals surface area contributed by atoms with E-state index in [2.05, 4.69) is 19.9 Å². The van der Waals surface area contributed by atoms with E-state index in [1.165, 1.54) is 12.7 Å². The van der Waals surface area contributed by atoms with Crippen molar-refractivity contribution in [3.05, 3.63) is 66.2 Å². The van der Waals surface area contributed by atoms with Crippen molar-refractivity contribution >= 4 is 0 Å². The minimum Gasteiger partial charge on any atom is -0.508 e. The standard InChI is InChI=1S/C26H28O5/c1-17(2)6-5-15-31-21-13-9-19(10-14-21)24-23(29-3)16-22(26(30-4)25(24)28)18-7-11-20(27)12-8-18/h6-14,16,27-28H,5,15H2,1-4H3. The molecule has 0 aliphatic heterocycles. The van der Waals surface area contributed by atoms with Gasteiger partial charge in [0.15, 0.2) is 11.5 Å². The van der Waals surface area contributed by atoms with E-state index in [0.29, 0.717) is 29.2 Å². The fourth-order valence-corrected chi connectivity index (χ4v) is 3.37. The molecule has 0 bridgehead atoms. The van der Waals surface area contributed by atoms with E-state index < -0.39 is 0 Å². The number of phenols is 2. The number of aromatic hydroxyl groups is 2. The zero-order valence-electron chi connectivity index (χ0n) is 18.3. The van der Waals surface area contributed by atoms with Crippen LogP contribution in [0.4, 0.5) is 0 Å². The third kappa shape index (κ3) is 5.12. The van der Waals surface area contributed by atoms with Crippen LogP contribution < -0.4 is 14.2 Å². The molecule has 3 aromatic rings. The molecular formula is C26H28O5. The molecule has 31 heavy (non-hydrogen) atoms. The Hall–Kier alpha value is -3.60. The number of benzene rings is 3. The van der Waals surface area contributed by atoms with Gasteiger partial charge in [-0.3, -0.25) is 0 Å². The third-order valence-corrected chi connectivity index (χ3v) is 4.90. The molecule has 0 atom stereocenters. The van der Waals surface area contributed by atoms with Crippen molar-refractivity contribution in [1.82, 2.24) is 0 Å². The van der Waals surface area contributed by atoms with Crippen molar-refractivity contribution in [2.24, 2.45) is 0 Å². The molecule has 5 heteroatoms. The highest BCUT2D eigenvalue weighted by Gasteiger charge is 2.21. The van der Waals surface area contributed by atoms with Crippen molar-refractivity contribution < 1.29 is 24.4 Å². The van der Waals surface area contributed by atoms with E-state index in [9.17, 15) is 10.2 Å². The van der Waals surface area contributed by atoms with E-state index in [4.69, 9.17) is 14.2 Å². The molecule has 0 unspecified atom stereocenters. The maximum atomic E-state index is 11.1. The largest absolute Gasteiger partial charge is 0.508 e. The van der Waals surface area contributed by atoms with Gasteiger partial charge in [-0.15, -0.1) is 0 Å². The van der Waals surface area contributed by atoms with Gasteiger partial charge >= 0.3 is 0 Å². The van der Waals surface area contributed by atoms with Gasteiger partial charge in [0.05, 0.1) is 26.4 Å². The van der Waals surface area contributed by atoms with Gasteiger partial charge in [-0.05, 0) is 61.7 Å². The fraction of sp³-hybridized carbons (Fsp3) is 0.231. The van der Waals surface area contributed by atoms with Crippen LogP contribution in [-0.4, -0.2) is 31.0 Å². The lowest BCUT2D eigenvalue weighted by Gasteiger charge is -2.18. The summed E-state index contributed by atoms with van der Waals surface area (Å²) in [6.45, 7) is 4.74. The smallest absolute Gasteiger partial charge is 0.170 e. The van der Waals surface area contributed by atoms with E-state index in [1.807, 2.05) is 30.3 Å². The van der Waals surface area contributed by atoms with Crippen molar-refractivity contribution in [3.63, 3.8) is 0 Å². The second kappa shape index (κ2) is 9.94.